The van der Waals surface area contributed by atoms with Crippen LogP contribution in [0.4, 0.5) is 0 Å². The molecule has 5 nitrogen and oxygen atoms in total. The van der Waals surface area contributed by atoms with Crippen LogP contribution in [0.5, 0.6) is 0 Å². The molecule has 0 bridgehead atoms. The average molecular weight is 661 g/mol. The molecule has 0 saturated carbocycles. The van der Waals surface area contributed by atoms with Gasteiger partial charge in [0.25, 0.3) is 8.32 Å². The van der Waals surface area contributed by atoms with E-state index in [-0.39, 0.29) is 29.6 Å². The van der Waals surface area contributed by atoms with Crippen molar-refractivity contribution >= 4 is 36.3 Å². The van der Waals surface area contributed by atoms with E-state index in [9.17, 15) is 4.79 Å². The van der Waals surface area contributed by atoms with Gasteiger partial charge in [0.1, 0.15) is 6.10 Å². The molecule has 0 amide bonds. The predicted octanol–water partition coefficient (Wildman–Crippen LogP) is 7.76. The molecule has 0 spiro atoms. The molecule has 0 radical (unpaired) electrons. The molecule has 1 fully saturated rings. The lowest BCUT2D eigenvalue weighted by Gasteiger charge is -2.43. The molecular weight excluding hydrogens is 612 g/mol. The summed E-state index contributed by atoms with van der Waals surface area (Å²) in [5, 5.41) is 2.28. The zero-order chi connectivity index (χ0) is 33.0. The Morgan fingerprint density at radius 1 is 0.935 bits per heavy atom. The fourth-order valence-electron chi connectivity index (χ4n) is 6.30. The highest BCUT2D eigenvalue weighted by atomic mass is 35.5. The zero-order valence-electron chi connectivity index (χ0n) is 27.6. The number of carbonyl (C=O) groups is 1. The van der Waals surface area contributed by atoms with Crippen LogP contribution in [0.1, 0.15) is 58.4 Å². The van der Waals surface area contributed by atoms with Gasteiger partial charge < -0.3 is 18.6 Å². The van der Waals surface area contributed by atoms with Crippen LogP contribution in [0, 0.1) is 0 Å². The Balaban J connectivity index is 1.40. The summed E-state index contributed by atoms with van der Waals surface area (Å²) in [5.74, 6) is 0.00121. The van der Waals surface area contributed by atoms with Gasteiger partial charge in [0.15, 0.2) is 0 Å². The zero-order valence-corrected chi connectivity index (χ0v) is 29.3. The van der Waals surface area contributed by atoms with Crippen molar-refractivity contribution in [1.29, 1.82) is 0 Å². The summed E-state index contributed by atoms with van der Waals surface area (Å²) in [6, 6.07) is 31.1. The molecule has 0 unspecified atom stereocenters. The van der Waals surface area contributed by atoms with Crippen molar-refractivity contribution in [2.45, 2.75) is 82.8 Å². The van der Waals surface area contributed by atoms with E-state index >= 15 is 0 Å². The van der Waals surface area contributed by atoms with Crippen LogP contribution in [0.15, 0.2) is 115 Å². The summed E-state index contributed by atoms with van der Waals surface area (Å²) in [4.78, 5) is 13.3. The molecule has 4 rings (SSSR count). The van der Waals surface area contributed by atoms with Crippen LogP contribution < -0.4 is 10.4 Å². The van der Waals surface area contributed by atoms with Crippen LogP contribution in [0.25, 0.3) is 0 Å². The maximum absolute atomic E-state index is 13.3. The highest BCUT2D eigenvalue weighted by Crippen LogP contribution is 2.37. The normalized spacial score (nSPS) is 17.8. The van der Waals surface area contributed by atoms with Crippen molar-refractivity contribution in [3.8, 4) is 0 Å². The first kappa shape index (κ1) is 35.8. The highest BCUT2D eigenvalue weighted by Gasteiger charge is 2.50. The third-order valence-electron chi connectivity index (χ3n) is 8.41. The standard InChI is InChI=1S/C39H49ClO5Si/c1-30-23-34(44-35(24-30)29-42-28-32-15-9-6-10-16-32)26-38(41)45-33(25-31(2)27-40)21-22-43-46(39(3,4)5,36-17-11-7-12-18-36)37-19-13-8-14-20-37/h6-20,33-35H,1-2,21-29H2,3-5H3/t33-,34+,35-/m1/s1. The first-order valence-corrected chi connectivity index (χ1v) is 18.7. The summed E-state index contributed by atoms with van der Waals surface area (Å²) in [7, 11) is -2.72. The number of ether oxygens (including phenoxy) is 3. The van der Waals surface area contributed by atoms with Crippen LogP contribution in [0.3, 0.4) is 0 Å². The Labute approximate surface area is 281 Å². The van der Waals surface area contributed by atoms with Crippen molar-refractivity contribution < 1.29 is 23.4 Å². The first-order chi connectivity index (χ1) is 22.1. The Morgan fingerprint density at radius 3 is 2.07 bits per heavy atom. The van der Waals surface area contributed by atoms with Gasteiger partial charge in [-0.2, -0.15) is 0 Å². The van der Waals surface area contributed by atoms with Gasteiger partial charge in [0.05, 0.1) is 31.8 Å². The third kappa shape index (κ3) is 10.00. The molecule has 3 aromatic rings. The Hall–Kier alpha value is -3.00. The minimum Gasteiger partial charge on any atom is -0.462 e. The summed E-state index contributed by atoms with van der Waals surface area (Å²) >= 11 is 6.12. The number of halogens is 1. The van der Waals surface area contributed by atoms with Crippen LogP contribution in [-0.2, 0) is 30.0 Å². The fourth-order valence-corrected chi connectivity index (χ4v) is 11.0. The van der Waals surface area contributed by atoms with Gasteiger partial charge in [-0.25, -0.2) is 0 Å². The second-order valence-corrected chi connectivity index (χ2v) is 17.8. The summed E-state index contributed by atoms with van der Waals surface area (Å²) < 4.78 is 25.4. The number of hydrogen-bond donors (Lipinski definition) is 0. The Morgan fingerprint density at radius 2 is 1.50 bits per heavy atom. The van der Waals surface area contributed by atoms with Gasteiger partial charge in [0.2, 0.25) is 0 Å². The lowest BCUT2D eigenvalue weighted by atomic mass is 9.97. The van der Waals surface area contributed by atoms with Gasteiger partial charge in [-0.1, -0.05) is 136 Å². The highest BCUT2D eigenvalue weighted by molar-refractivity contribution is 6.99. The van der Waals surface area contributed by atoms with Gasteiger partial charge >= 0.3 is 5.97 Å². The van der Waals surface area contributed by atoms with E-state index < -0.39 is 14.4 Å². The summed E-state index contributed by atoms with van der Waals surface area (Å²) in [6.07, 6.45) is 1.65. The molecule has 1 aliphatic heterocycles. The molecule has 0 aromatic heterocycles. The van der Waals surface area contributed by atoms with E-state index in [1.807, 2.05) is 42.5 Å². The maximum Gasteiger partial charge on any atom is 0.308 e. The van der Waals surface area contributed by atoms with Crippen molar-refractivity contribution in [1.82, 2.24) is 0 Å². The van der Waals surface area contributed by atoms with Gasteiger partial charge in [-0.05, 0) is 33.8 Å². The van der Waals surface area contributed by atoms with E-state index in [1.165, 1.54) is 10.4 Å². The van der Waals surface area contributed by atoms with Crippen molar-refractivity contribution in [3.63, 3.8) is 0 Å². The summed E-state index contributed by atoms with van der Waals surface area (Å²) in [5.41, 5.74) is 2.99. The number of rotatable bonds is 16. The van der Waals surface area contributed by atoms with E-state index in [2.05, 4.69) is 82.5 Å². The van der Waals surface area contributed by atoms with Gasteiger partial charge in [0, 0.05) is 25.3 Å². The maximum atomic E-state index is 13.3. The van der Waals surface area contributed by atoms with E-state index in [4.69, 9.17) is 30.2 Å². The number of carbonyl (C=O) groups excluding carboxylic acids is 1. The minimum absolute atomic E-state index is 0.144. The van der Waals surface area contributed by atoms with Crippen molar-refractivity contribution in [2.24, 2.45) is 0 Å². The molecule has 3 atom stereocenters. The number of alkyl halides is 1. The van der Waals surface area contributed by atoms with E-state index in [1.54, 1.807) is 0 Å². The van der Waals surface area contributed by atoms with E-state index in [0.717, 1.165) is 23.1 Å². The predicted molar refractivity (Wildman–Crippen MR) is 190 cm³/mol. The van der Waals surface area contributed by atoms with Crippen molar-refractivity contribution in [3.05, 3.63) is 121 Å². The quantitative estimate of drug-likeness (QED) is 0.0680. The SMILES string of the molecule is C=C(CCl)C[C@@H](CCO[Si](c1ccccc1)(c1ccccc1)C(C)(C)C)OC(=O)C[C@@H]1CC(=C)C[C@H](COCc2ccccc2)O1. The molecule has 7 heteroatoms. The summed E-state index contributed by atoms with van der Waals surface area (Å²) in [6.45, 7) is 16.4. The van der Waals surface area contributed by atoms with Gasteiger partial charge in [-0.15, -0.1) is 11.6 Å². The molecule has 0 aliphatic carbocycles. The number of hydrogen-bond acceptors (Lipinski definition) is 5. The average Bonchev–Trinajstić information content (AvgIpc) is 3.03. The molecular formula is C39H49ClO5Si. The Bertz CT molecular complexity index is 1350. The molecule has 0 N–H and O–H groups in total. The van der Waals surface area contributed by atoms with Crippen molar-refractivity contribution in [2.75, 3.05) is 19.1 Å². The smallest absolute Gasteiger partial charge is 0.308 e. The first-order valence-electron chi connectivity index (χ1n) is 16.2. The second kappa shape index (κ2) is 17.2. The van der Waals surface area contributed by atoms with Gasteiger partial charge in [-0.3, -0.25) is 4.79 Å². The number of esters is 1. The van der Waals surface area contributed by atoms with Crippen LogP contribution in [0.2, 0.25) is 5.04 Å². The molecule has 1 aliphatic rings. The minimum atomic E-state index is -2.72. The molecule has 1 heterocycles. The largest absolute Gasteiger partial charge is 0.462 e. The third-order valence-corrected chi connectivity index (χ3v) is 13.8. The second-order valence-electron chi connectivity index (χ2n) is 13.2. The number of benzene rings is 3. The lowest BCUT2D eigenvalue weighted by molar-refractivity contribution is -0.156. The molecule has 1 saturated heterocycles. The fraction of sp³-hybridized carbons (Fsp3) is 0.410. The Kier molecular flexibility index (Phi) is 13.4. The van der Waals surface area contributed by atoms with Crippen LogP contribution in [-0.4, -0.2) is 51.7 Å². The molecule has 46 heavy (non-hydrogen) atoms. The lowest BCUT2D eigenvalue weighted by Crippen LogP contribution is -2.66. The van der Waals surface area contributed by atoms with Crippen LogP contribution >= 0.6 is 11.6 Å². The monoisotopic (exact) mass is 660 g/mol. The molecule has 3 aromatic carbocycles. The topological polar surface area (TPSA) is 54.0 Å². The molecule has 246 valence electrons. The van der Waals surface area contributed by atoms with E-state index in [0.29, 0.717) is 45.0 Å².